The lowest BCUT2D eigenvalue weighted by Gasteiger charge is -2.33. The van der Waals surface area contributed by atoms with Gasteiger partial charge in [-0.15, -0.1) is 0 Å². The number of aromatic nitrogens is 3. The molecule has 0 bridgehead atoms. The van der Waals surface area contributed by atoms with Crippen LogP contribution in [0.5, 0.6) is 11.5 Å². The Hall–Kier alpha value is -5.29. The van der Waals surface area contributed by atoms with E-state index in [4.69, 9.17) is 19.7 Å². The Labute approximate surface area is 233 Å². The molecule has 192 valence electrons. The topological polar surface area (TPSA) is 51.1 Å². The summed E-state index contributed by atoms with van der Waals surface area (Å²) in [6.07, 6.45) is 0. The van der Waals surface area contributed by atoms with Crippen LogP contribution in [0.4, 0.5) is 17.1 Å². The quantitative estimate of drug-likeness (QED) is 0.233. The van der Waals surface area contributed by atoms with Crippen LogP contribution in [0.3, 0.4) is 0 Å². The van der Waals surface area contributed by atoms with Crippen LogP contribution in [0.2, 0.25) is 0 Å². The van der Waals surface area contributed by atoms with E-state index in [1.54, 1.807) is 0 Å². The van der Waals surface area contributed by atoms with Gasteiger partial charge in [0.2, 0.25) is 0 Å². The van der Waals surface area contributed by atoms with Crippen molar-refractivity contribution in [2.75, 3.05) is 4.90 Å². The highest BCUT2D eigenvalue weighted by Gasteiger charge is 2.26. The molecule has 0 aliphatic carbocycles. The Kier molecular flexibility index (Phi) is 5.82. The van der Waals surface area contributed by atoms with Crippen LogP contribution in [-0.4, -0.2) is 15.0 Å². The fourth-order valence-electron chi connectivity index (χ4n) is 5.00. The van der Waals surface area contributed by atoms with Gasteiger partial charge in [-0.05, 0) is 73.5 Å². The minimum Gasteiger partial charge on any atom is -0.453 e. The van der Waals surface area contributed by atoms with Crippen LogP contribution in [0, 0.1) is 13.8 Å². The number of aryl methyl sites for hydroxylation is 2. The first-order valence-corrected chi connectivity index (χ1v) is 13.3. The van der Waals surface area contributed by atoms with Crippen molar-refractivity contribution >= 4 is 17.1 Å². The van der Waals surface area contributed by atoms with E-state index in [0.717, 1.165) is 56.4 Å². The predicted octanol–water partition coefficient (Wildman–Crippen LogP) is 9.06. The molecule has 6 aromatic rings. The smallest absolute Gasteiger partial charge is 0.164 e. The number of hydrogen-bond donors (Lipinski definition) is 0. The summed E-state index contributed by atoms with van der Waals surface area (Å²) >= 11 is 0. The van der Waals surface area contributed by atoms with Gasteiger partial charge < -0.3 is 9.64 Å². The average Bonchev–Trinajstić information content (AvgIpc) is 3.00. The molecule has 0 fully saturated rings. The Morgan fingerprint density at radius 2 is 0.900 bits per heavy atom. The second-order valence-corrected chi connectivity index (χ2v) is 9.96. The molecule has 0 N–H and O–H groups in total. The third kappa shape index (κ3) is 4.37. The highest BCUT2D eigenvalue weighted by molar-refractivity contribution is 5.87. The van der Waals surface area contributed by atoms with E-state index in [2.05, 4.69) is 79.4 Å². The molecule has 7 rings (SSSR count). The van der Waals surface area contributed by atoms with Gasteiger partial charge in [-0.25, -0.2) is 15.0 Å². The maximum Gasteiger partial charge on any atom is 0.164 e. The lowest BCUT2D eigenvalue weighted by molar-refractivity contribution is 0.476. The van der Waals surface area contributed by atoms with Gasteiger partial charge in [0.25, 0.3) is 0 Å². The number of anilines is 3. The van der Waals surface area contributed by atoms with E-state index < -0.39 is 0 Å². The zero-order chi connectivity index (χ0) is 27.1. The summed E-state index contributed by atoms with van der Waals surface area (Å²) < 4.78 is 6.33. The van der Waals surface area contributed by atoms with Crippen LogP contribution in [-0.2, 0) is 0 Å². The second kappa shape index (κ2) is 9.79. The van der Waals surface area contributed by atoms with E-state index in [1.807, 2.05) is 60.7 Å². The summed E-state index contributed by atoms with van der Waals surface area (Å²) in [5.74, 6) is 3.62. The van der Waals surface area contributed by atoms with E-state index in [-0.39, 0.29) is 0 Å². The molecule has 5 nitrogen and oxygen atoms in total. The standard InChI is InChI=1S/C35H26N4O/c1-23-13-19-29-31(21-23)40-32-22-24(2)14-20-30(32)39(29)28-17-15-27(16-18-28)35-37-33(25-9-5-3-6-10-25)36-34(38-35)26-11-7-4-8-12-26/h3-22H,1-2H3. The molecule has 2 heterocycles. The molecule has 5 heteroatoms. The zero-order valence-electron chi connectivity index (χ0n) is 22.2. The van der Waals surface area contributed by atoms with Gasteiger partial charge in [-0.3, -0.25) is 0 Å². The third-order valence-electron chi connectivity index (χ3n) is 7.02. The molecule has 1 aromatic heterocycles. The van der Waals surface area contributed by atoms with Crippen LogP contribution in [0.1, 0.15) is 11.1 Å². The largest absolute Gasteiger partial charge is 0.453 e. The molecule has 1 aliphatic heterocycles. The Balaban J connectivity index is 1.33. The molecule has 0 spiro atoms. The predicted molar refractivity (Wildman–Crippen MR) is 160 cm³/mol. The summed E-state index contributed by atoms with van der Waals surface area (Å²) in [5, 5.41) is 0. The number of ether oxygens (including phenoxy) is 1. The van der Waals surface area contributed by atoms with Gasteiger partial charge in [-0.1, -0.05) is 72.8 Å². The van der Waals surface area contributed by atoms with Crippen molar-refractivity contribution in [2.45, 2.75) is 13.8 Å². The van der Waals surface area contributed by atoms with Gasteiger partial charge in [-0.2, -0.15) is 0 Å². The number of benzene rings is 5. The van der Waals surface area contributed by atoms with E-state index >= 15 is 0 Å². The SMILES string of the molecule is Cc1ccc2c(c1)Oc1cc(C)ccc1N2c1ccc(-c2nc(-c3ccccc3)nc(-c3ccccc3)n2)cc1. The van der Waals surface area contributed by atoms with E-state index in [0.29, 0.717) is 17.5 Å². The number of nitrogens with zero attached hydrogens (tertiary/aromatic N) is 4. The van der Waals surface area contributed by atoms with Gasteiger partial charge in [0.05, 0.1) is 11.4 Å². The first-order chi connectivity index (χ1) is 19.6. The molecule has 5 aromatic carbocycles. The third-order valence-corrected chi connectivity index (χ3v) is 7.02. The first-order valence-electron chi connectivity index (χ1n) is 13.3. The summed E-state index contributed by atoms with van der Waals surface area (Å²) in [6, 6.07) is 41.1. The van der Waals surface area contributed by atoms with E-state index in [9.17, 15) is 0 Å². The molecule has 0 unspecified atom stereocenters. The van der Waals surface area contributed by atoms with Crippen molar-refractivity contribution in [1.29, 1.82) is 0 Å². The monoisotopic (exact) mass is 518 g/mol. The summed E-state index contributed by atoms with van der Waals surface area (Å²) in [7, 11) is 0. The van der Waals surface area contributed by atoms with Gasteiger partial charge >= 0.3 is 0 Å². The maximum absolute atomic E-state index is 6.33. The molecule has 0 saturated carbocycles. The Morgan fingerprint density at radius 3 is 1.35 bits per heavy atom. The molecule has 0 atom stereocenters. The minimum atomic E-state index is 0.633. The van der Waals surface area contributed by atoms with Crippen LogP contribution in [0.15, 0.2) is 121 Å². The van der Waals surface area contributed by atoms with Crippen molar-refractivity contribution in [3.8, 4) is 45.7 Å². The Morgan fingerprint density at radius 1 is 0.475 bits per heavy atom. The molecular weight excluding hydrogens is 492 g/mol. The van der Waals surface area contributed by atoms with Crippen LogP contribution >= 0.6 is 0 Å². The molecule has 0 amide bonds. The molecule has 1 aliphatic rings. The van der Waals surface area contributed by atoms with Gasteiger partial charge in [0.1, 0.15) is 0 Å². The van der Waals surface area contributed by atoms with Crippen LogP contribution in [0.25, 0.3) is 34.2 Å². The highest BCUT2D eigenvalue weighted by atomic mass is 16.5. The average molecular weight is 519 g/mol. The van der Waals surface area contributed by atoms with Gasteiger partial charge in [0.15, 0.2) is 29.0 Å². The number of hydrogen-bond acceptors (Lipinski definition) is 5. The summed E-state index contributed by atoms with van der Waals surface area (Å²) in [6.45, 7) is 4.16. The van der Waals surface area contributed by atoms with Crippen molar-refractivity contribution in [2.24, 2.45) is 0 Å². The number of rotatable bonds is 4. The van der Waals surface area contributed by atoms with Crippen molar-refractivity contribution < 1.29 is 4.74 Å². The normalized spacial score (nSPS) is 11.9. The van der Waals surface area contributed by atoms with Crippen molar-refractivity contribution in [3.05, 3.63) is 132 Å². The van der Waals surface area contributed by atoms with E-state index in [1.165, 1.54) is 0 Å². The van der Waals surface area contributed by atoms with Gasteiger partial charge in [0, 0.05) is 22.4 Å². The second-order valence-electron chi connectivity index (χ2n) is 9.96. The molecule has 0 radical (unpaired) electrons. The molecule has 0 saturated heterocycles. The summed E-state index contributed by atoms with van der Waals surface area (Å²) in [5.41, 5.74) is 8.18. The van der Waals surface area contributed by atoms with Crippen molar-refractivity contribution in [1.82, 2.24) is 15.0 Å². The molecular formula is C35H26N4O. The first kappa shape index (κ1) is 23.8. The summed E-state index contributed by atoms with van der Waals surface area (Å²) in [4.78, 5) is 16.8. The number of fused-ring (bicyclic) bond motifs is 2. The lowest BCUT2D eigenvalue weighted by Crippen LogP contribution is -2.16. The maximum atomic E-state index is 6.33. The lowest BCUT2D eigenvalue weighted by atomic mass is 10.1. The highest BCUT2D eigenvalue weighted by Crippen LogP contribution is 2.50. The van der Waals surface area contributed by atoms with Crippen molar-refractivity contribution in [3.63, 3.8) is 0 Å². The molecule has 40 heavy (non-hydrogen) atoms. The minimum absolute atomic E-state index is 0.633. The fraction of sp³-hybridized carbons (Fsp3) is 0.0571. The zero-order valence-corrected chi connectivity index (χ0v) is 22.2. The fourth-order valence-corrected chi connectivity index (χ4v) is 5.00. The van der Waals surface area contributed by atoms with Crippen LogP contribution < -0.4 is 9.64 Å². The Bertz CT molecular complexity index is 1730.